The minimum absolute atomic E-state index is 0.0943. The molecule has 3 aromatic rings. The number of carbonyl (C=O) groups is 2. The zero-order valence-corrected chi connectivity index (χ0v) is 16.3. The first kappa shape index (κ1) is 18.3. The lowest BCUT2D eigenvalue weighted by Crippen LogP contribution is -2.41. The van der Waals surface area contributed by atoms with Crippen LogP contribution in [0.1, 0.15) is 40.4 Å². The summed E-state index contributed by atoms with van der Waals surface area (Å²) < 4.78 is 5.10. The summed E-state index contributed by atoms with van der Waals surface area (Å²) in [4.78, 5) is 28.3. The van der Waals surface area contributed by atoms with Gasteiger partial charge in [-0.1, -0.05) is 13.0 Å². The maximum Gasteiger partial charge on any atom is 0.322 e. The average molecular weight is 395 g/mol. The first-order chi connectivity index (χ1) is 13.7. The number of benzene rings is 1. The molecule has 28 heavy (non-hydrogen) atoms. The normalized spacial score (nSPS) is 15.8. The number of hydrogen-bond acceptors (Lipinski definition) is 4. The summed E-state index contributed by atoms with van der Waals surface area (Å²) in [5.74, 6) is -0.0966. The molecule has 0 unspecified atom stereocenters. The van der Waals surface area contributed by atoms with Crippen LogP contribution in [0.2, 0.25) is 0 Å². The van der Waals surface area contributed by atoms with Crippen molar-refractivity contribution in [2.75, 3.05) is 17.2 Å². The van der Waals surface area contributed by atoms with Crippen molar-refractivity contribution < 1.29 is 14.0 Å². The number of rotatable bonds is 4. The van der Waals surface area contributed by atoms with Crippen LogP contribution < -0.4 is 10.6 Å². The molecule has 4 rings (SSSR count). The topological polar surface area (TPSA) is 74.6 Å². The largest absolute Gasteiger partial charge is 0.459 e. The molecule has 0 saturated heterocycles. The zero-order valence-electron chi connectivity index (χ0n) is 15.5. The van der Waals surface area contributed by atoms with Crippen molar-refractivity contribution in [2.24, 2.45) is 0 Å². The molecular formula is C21H21N3O3S. The van der Waals surface area contributed by atoms with Gasteiger partial charge in [-0.25, -0.2) is 4.79 Å². The van der Waals surface area contributed by atoms with E-state index in [2.05, 4.69) is 29.0 Å². The summed E-state index contributed by atoms with van der Waals surface area (Å²) in [6, 6.07) is 12.4. The number of urea groups is 1. The fraction of sp³-hybridized carbons (Fsp3) is 0.238. The van der Waals surface area contributed by atoms with E-state index in [9.17, 15) is 9.59 Å². The molecule has 0 bridgehead atoms. The van der Waals surface area contributed by atoms with E-state index in [1.807, 2.05) is 4.90 Å². The Kier molecular flexibility index (Phi) is 5.16. The number of thiophene rings is 1. The highest BCUT2D eigenvalue weighted by Crippen LogP contribution is 2.35. The Morgan fingerprint density at radius 2 is 2.00 bits per heavy atom. The van der Waals surface area contributed by atoms with Crippen LogP contribution in [-0.4, -0.2) is 23.4 Å². The first-order valence-electron chi connectivity index (χ1n) is 9.24. The molecule has 2 aromatic heterocycles. The van der Waals surface area contributed by atoms with Crippen LogP contribution in [0.15, 0.2) is 58.5 Å². The van der Waals surface area contributed by atoms with Gasteiger partial charge in [-0.3, -0.25) is 4.79 Å². The number of nitrogens with one attached hydrogen (secondary N) is 2. The van der Waals surface area contributed by atoms with E-state index < -0.39 is 0 Å². The van der Waals surface area contributed by atoms with Gasteiger partial charge in [-0.2, -0.15) is 0 Å². The molecule has 0 aliphatic carbocycles. The molecule has 3 heterocycles. The summed E-state index contributed by atoms with van der Waals surface area (Å²) in [5.41, 5.74) is 2.48. The van der Waals surface area contributed by atoms with E-state index in [1.165, 1.54) is 16.7 Å². The molecule has 3 amide bonds. The SMILES string of the molecule is CC[C@H]1c2ccsc2CCN1C(=O)Nc1cccc(NC(=O)c2ccco2)c1. The second-order valence-corrected chi connectivity index (χ2v) is 7.61. The highest BCUT2D eigenvalue weighted by molar-refractivity contribution is 7.10. The van der Waals surface area contributed by atoms with Crippen molar-refractivity contribution in [2.45, 2.75) is 25.8 Å². The molecule has 144 valence electrons. The standard InChI is InChI=1S/C21H21N3O3S/c1-2-17-16-9-12-28-19(16)8-10-24(17)21(26)23-15-6-3-5-14(13-15)22-20(25)18-7-4-11-27-18/h3-7,9,11-13,17H,2,8,10H2,1H3,(H,22,25)(H,23,26)/t17-/m0/s1. The van der Waals surface area contributed by atoms with Gasteiger partial charge in [0.25, 0.3) is 5.91 Å². The quantitative estimate of drug-likeness (QED) is 0.643. The van der Waals surface area contributed by atoms with Gasteiger partial charge in [0.1, 0.15) is 0 Å². The molecule has 1 aliphatic rings. The van der Waals surface area contributed by atoms with E-state index in [-0.39, 0.29) is 23.7 Å². The van der Waals surface area contributed by atoms with Crippen molar-refractivity contribution in [1.82, 2.24) is 4.90 Å². The van der Waals surface area contributed by atoms with E-state index in [0.717, 1.165) is 12.8 Å². The Morgan fingerprint density at radius 1 is 1.18 bits per heavy atom. The molecule has 1 aliphatic heterocycles. The number of carbonyl (C=O) groups excluding carboxylic acids is 2. The molecule has 2 N–H and O–H groups in total. The Bertz CT molecular complexity index is 980. The fourth-order valence-electron chi connectivity index (χ4n) is 3.55. The van der Waals surface area contributed by atoms with Crippen molar-refractivity contribution in [3.63, 3.8) is 0 Å². The second kappa shape index (κ2) is 7.90. The van der Waals surface area contributed by atoms with E-state index in [0.29, 0.717) is 17.9 Å². The smallest absolute Gasteiger partial charge is 0.322 e. The lowest BCUT2D eigenvalue weighted by molar-refractivity contribution is 0.0996. The summed E-state index contributed by atoms with van der Waals surface area (Å²) in [7, 11) is 0. The number of furan rings is 1. The van der Waals surface area contributed by atoms with Crippen molar-refractivity contribution in [1.29, 1.82) is 0 Å². The van der Waals surface area contributed by atoms with Gasteiger partial charge in [-0.15, -0.1) is 11.3 Å². The Hall–Kier alpha value is -3.06. The zero-order chi connectivity index (χ0) is 19.5. The van der Waals surface area contributed by atoms with Gasteiger partial charge in [0, 0.05) is 22.8 Å². The van der Waals surface area contributed by atoms with Gasteiger partial charge in [0.2, 0.25) is 0 Å². The second-order valence-electron chi connectivity index (χ2n) is 6.61. The van der Waals surface area contributed by atoms with Gasteiger partial charge >= 0.3 is 6.03 Å². The molecule has 1 aromatic carbocycles. The minimum Gasteiger partial charge on any atom is -0.459 e. The summed E-state index contributed by atoms with van der Waals surface area (Å²) in [6.07, 6.45) is 3.21. The minimum atomic E-state index is -0.333. The van der Waals surface area contributed by atoms with E-state index in [4.69, 9.17) is 4.42 Å². The molecule has 0 fully saturated rings. The molecule has 6 nitrogen and oxygen atoms in total. The Morgan fingerprint density at radius 3 is 2.75 bits per heavy atom. The monoisotopic (exact) mass is 395 g/mol. The van der Waals surface area contributed by atoms with Crippen LogP contribution in [0.5, 0.6) is 0 Å². The fourth-order valence-corrected chi connectivity index (χ4v) is 4.48. The first-order valence-corrected chi connectivity index (χ1v) is 10.1. The van der Waals surface area contributed by atoms with Crippen molar-refractivity contribution in [3.05, 3.63) is 70.3 Å². The van der Waals surface area contributed by atoms with Crippen LogP contribution in [0.25, 0.3) is 0 Å². The van der Waals surface area contributed by atoms with Crippen molar-refractivity contribution >= 4 is 34.6 Å². The predicted molar refractivity (Wildman–Crippen MR) is 110 cm³/mol. The number of nitrogens with zero attached hydrogens (tertiary/aromatic N) is 1. The van der Waals surface area contributed by atoms with E-state index in [1.54, 1.807) is 47.7 Å². The molecule has 7 heteroatoms. The summed E-state index contributed by atoms with van der Waals surface area (Å²) in [6.45, 7) is 2.80. The molecular weight excluding hydrogens is 374 g/mol. The van der Waals surface area contributed by atoms with Gasteiger partial charge in [-0.05, 0) is 60.2 Å². The highest BCUT2D eigenvalue weighted by atomic mass is 32.1. The van der Waals surface area contributed by atoms with Crippen LogP contribution in [0.3, 0.4) is 0 Å². The maximum absolute atomic E-state index is 12.9. The highest BCUT2D eigenvalue weighted by Gasteiger charge is 2.30. The predicted octanol–water partition coefficient (Wildman–Crippen LogP) is 5.13. The third-order valence-electron chi connectivity index (χ3n) is 4.86. The van der Waals surface area contributed by atoms with Crippen LogP contribution in [0.4, 0.5) is 16.2 Å². The molecule has 1 atom stereocenters. The molecule has 0 saturated carbocycles. The van der Waals surface area contributed by atoms with Gasteiger partial charge < -0.3 is 20.0 Å². The van der Waals surface area contributed by atoms with Crippen LogP contribution in [0, 0.1) is 0 Å². The maximum atomic E-state index is 12.9. The Balaban J connectivity index is 1.45. The van der Waals surface area contributed by atoms with Gasteiger partial charge in [0.05, 0.1) is 12.3 Å². The van der Waals surface area contributed by atoms with Crippen molar-refractivity contribution in [3.8, 4) is 0 Å². The third kappa shape index (κ3) is 3.66. The lowest BCUT2D eigenvalue weighted by Gasteiger charge is -2.35. The van der Waals surface area contributed by atoms with Crippen LogP contribution in [-0.2, 0) is 6.42 Å². The van der Waals surface area contributed by atoms with E-state index >= 15 is 0 Å². The molecule has 0 radical (unpaired) electrons. The summed E-state index contributed by atoms with van der Waals surface area (Å²) >= 11 is 1.76. The Labute approximate surface area is 167 Å². The number of hydrogen-bond donors (Lipinski definition) is 2. The van der Waals surface area contributed by atoms with Gasteiger partial charge in [0.15, 0.2) is 5.76 Å². The number of amides is 3. The summed E-state index contributed by atoms with van der Waals surface area (Å²) in [5, 5.41) is 7.83. The molecule has 0 spiro atoms. The number of anilines is 2. The third-order valence-corrected chi connectivity index (χ3v) is 5.86. The van der Waals surface area contributed by atoms with Crippen LogP contribution >= 0.6 is 11.3 Å². The number of fused-ring (bicyclic) bond motifs is 1. The average Bonchev–Trinajstić information content (AvgIpc) is 3.39. The lowest BCUT2D eigenvalue weighted by atomic mass is 9.98.